The Labute approximate surface area is 175 Å². The molecule has 5 rings (SSSR count). The molecule has 0 unspecified atom stereocenters. The quantitative estimate of drug-likeness (QED) is 0.516. The van der Waals surface area contributed by atoms with Gasteiger partial charge in [-0.05, 0) is 30.3 Å². The van der Waals surface area contributed by atoms with Gasteiger partial charge in [0.15, 0.2) is 0 Å². The van der Waals surface area contributed by atoms with Crippen LogP contribution < -0.4 is 15.7 Å². The van der Waals surface area contributed by atoms with Crippen LogP contribution in [-0.2, 0) is 13.2 Å². The predicted octanol–water partition coefficient (Wildman–Crippen LogP) is 2.80. The molecule has 3 aromatic heterocycles. The third kappa shape index (κ3) is 3.32. The van der Waals surface area contributed by atoms with Gasteiger partial charge in [-0.2, -0.15) is 18.3 Å². The smallest absolute Gasteiger partial charge is 0.369 e. The van der Waals surface area contributed by atoms with Crippen LogP contribution in [0.25, 0.3) is 27.8 Å². The number of nitrogens with one attached hydrogen (secondary N) is 2. The number of anilines is 1. The van der Waals surface area contributed by atoms with Crippen LogP contribution in [0.1, 0.15) is 5.69 Å². The molecule has 1 aromatic carbocycles. The highest BCUT2D eigenvalue weighted by atomic mass is 19.4. The Balaban J connectivity index is 1.71. The van der Waals surface area contributed by atoms with E-state index in [0.717, 1.165) is 49.6 Å². The molecular formula is C21H20F3N7. The Morgan fingerprint density at radius 3 is 2.58 bits per heavy atom. The van der Waals surface area contributed by atoms with Crippen molar-refractivity contribution >= 4 is 22.2 Å². The summed E-state index contributed by atoms with van der Waals surface area (Å²) >= 11 is 0. The van der Waals surface area contributed by atoms with E-state index >= 15 is 0 Å². The Kier molecular flexibility index (Phi) is 4.47. The second-order valence-electron chi connectivity index (χ2n) is 7.57. The maximum Gasteiger partial charge on any atom is 0.433 e. The van der Waals surface area contributed by atoms with Crippen molar-refractivity contribution in [1.29, 1.82) is 5.41 Å². The number of alkyl halides is 3. The molecule has 7 nitrogen and oxygen atoms in total. The molecule has 4 aromatic rings. The minimum Gasteiger partial charge on any atom is -0.369 e. The van der Waals surface area contributed by atoms with Crippen LogP contribution in [0.3, 0.4) is 0 Å². The van der Waals surface area contributed by atoms with Gasteiger partial charge in [0, 0.05) is 62.1 Å². The zero-order valence-corrected chi connectivity index (χ0v) is 16.7. The highest BCUT2D eigenvalue weighted by molar-refractivity contribution is 5.84. The molecule has 1 saturated heterocycles. The van der Waals surface area contributed by atoms with Crippen molar-refractivity contribution in [1.82, 2.24) is 24.5 Å². The molecule has 1 aliphatic rings. The summed E-state index contributed by atoms with van der Waals surface area (Å²) in [5, 5.41) is 17.2. The maximum absolute atomic E-state index is 13.1. The SMILES string of the molecule is Cn1c(=N)c2ccc(N3CCNCC3)cc2n2nc(-c3ccnc(C(F)(F)F)c3)cc12. The van der Waals surface area contributed by atoms with Crippen molar-refractivity contribution < 1.29 is 13.2 Å². The van der Waals surface area contributed by atoms with Crippen LogP contribution in [0.2, 0.25) is 0 Å². The number of halogens is 3. The molecule has 0 aliphatic carbocycles. The van der Waals surface area contributed by atoms with Gasteiger partial charge < -0.3 is 14.8 Å². The van der Waals surface area contributed by atoms with Crippen LogP contribution in [0, 0.1) is 5.41 Å². The number of fused-ring (bicyclic) bond motifs is 3. The average molecular weight is 427 g/mol. The second kappa shape index (κ2) is 7.09. The number of aryl methyl sites for hydroxylation is 1. The van der Waals surface area contributed by atoms with Gasteiger partial charge in [-0.25, -0.2) is 4.52 Å². The van der Waals surface area contributed by atoms with E-state index in [2.05, 4.69) is 20.3 Å². The first-order chi connectivity index (χ1) is 14.8. The lowest BCUT2D eigenvalue weighted by Gasteiger charge is -2.29. The number of benzene rings is 1. The van der Waals surface area contributed by atoms with E-state index in [0.29, 0.717) is 27.8 Å². The van der Waals surface area contributed by atoms with Crippen molar-refractivity contribution in [3.05, 3.63) is 53.8 Å². The van der Waals surface area contributed by atoms with Gasteiger partial charge in [-0.1, -0.05) is 0 Å². The summed E-state index contributed by atoms with van der Waals surface area (Å²) in [6.07, 6.45) is -3.39. The third-order valence-electron chi connectivity index (χ3n) is 5.66. The van der Waals surface area contributed by atoms with E-state index in [-0.39, 0.29) is 0 Å². The number of hydrogen-bond acceptors (Lipinski definition) is 5. The fourth-order valence-corrected chi connectivity index (χ4v) is 3.98. The number of aromatic nitrogens is 4. The minimum absolute atomic E-state index is 0.312. The summed E-state index contributed by atoms with van der Waals surface area (Å²) in [4.78, 5) is 5.69. The highest BCUT2D eigenvalue weighted by Gasteiger charge is 2.32. The van der Waals surface area contributed by atoms with Gasteiger partial charge in [0.2, 0.25) is 0 Å². The zero-order chi connectivity index (χ0) is 21.8. The molecule has 31 heavy (non-hydrogen) atoms. The highest BCUT2D eigenvalue weighted by Crippen LogP contribution is 2.31. The first-order valence-corrected chi connectivity index (χ1v) is 9.89. The Morgan fingerprint density at radius 1 is 1.06 bits per heavy atom. The molecule has 0 spiro atoms. The number of hydrogen-bond donors (Lipinski definition) is 2. The summed E-state index contributed by atoms with van der Waals surface area (Å²) in [7, 11) is 1.75. The lowest BCUT2D eigenvalue weighted by Crippen LogP contribution is -2.43. The van der Waals surface area contributed by atoms with E-state index in [9.17, 15) is 13.2 Å². The molecule has 1 fully saturated rings. The molecule has 0 bridgehead atoms. The molecule has 0 atom stereocenters. The van der Waals surface area contributed by atoms with Crippen molar-refractivity contribution in [3.8, 4) is 11.3 Å². The van der Waals surface area contributed by atoms with Crippen molar-refractivity contribution in [3.63, 3.8) is 0 Å². The summed E-state index contributed by atoms with van der Waals surface area (Å²) < 4.78 is 42.7. The summed E-state index contributed by atoms with van der Waals surface area (Å²) in [6, 6.07) is 10.1. The topological polar surface area (TPSA) is 74.2 Å². The molecule has 4 heterocycles. The van der Waals surface area contributed by atoms with Gasteiger partial charge in [-0.15, -0.1) is 0 Å². The van der Waals surface area contributed by atoms with E-state index in [4.69, 9.17) is 5.41 Å². The minimum atomic E-state index is -4.53. The lowest BCUT2D eigenvalue weighted by atomic mass is 10.1. The maximum atomic E-state index is 13.1. The van der Waals surface area contributed by atoms with Gasteiger partial charge in [0.1, 0.15) is 16.8 Å². The first kappa shape index (κ1) is 19.6. The zero-order valence-electron chi connectivity index (χ0n) is 16.7. The van der Waals surface area contributed by atoms with Crippen LogP contribution in [0.4, 0.5) is 18.9 Å². The third-order valence-corrected chi connectivity index (χ3v) is 5.66. The van der Waals surface area contributed by atoms with E-state index in [1.165, 1.54) is 6.07 Å². The Morgan fingerprint density at radius 2 is 1.84 bits per heavy atom. The van der Waals surface area contributed by atoms with E-state index in [1.54, 1.807) is 22.2 Å². The summed E-state index contributed by atoms with van der Waals surface area (Å²) in [5.74, 6) is 0. The van der Waals surface area contributed by atoms with Crippen molar-refractivity contribution in [2.75, 3.05) is 31.1 Å². The van der Waals surface area contributed by atoms with E-state index in [1.807, 2.05) is 18.2 Å². The van der Waals surface area contributed by atoms with Gasteiger partial charge >= 0.3 is 6.18 Å². The Bertz CT molecular complexity index is 1350. The number of rotatable bonds is 2. The van der Waals surface area contributed by atoms with Crippen molar-refractivity contribution in [2.45, 2.75) is 6.18 Å². The van der Waals surface area contributed by atoms with Crippen LogP contribution in [-0.4, -0.2) is 45.3 Å². The first-order valence-electron chi connectivity index (χ1n) is 9.89. The number of pyridine rings is 1. The molecule has 160 valence electrons. The molecule has 0 radical (unpaired) electrons. The largest absolute Gasteiger partial charge is 0.433 e. The normalized spacial score (nSPS) is 15.2. The van der Waals surface area contributed by atoms with Gasteiger partial charge in [0.05, 0.1) is 11.2 Å². The molecule has 10 heteroatoms. The molecule has 2 N–H and O–H groups in total. The monoisotopic (exact) mass is 427 g/mol. The molecule has 0 amide bonds. The van der Waals surface area contributed by atoms with Gasteiger partial charge in [-0.3, -0.25) is 10.4 Å². The van der Waals surface area contributed by atoms with Gasteiger partial charge in [0.25, 0.3) is 0 Å². The van der Waals surface area contributed by atoms with Crippen LogP contribution >= 0.6 is 0 Å². The summed E-state index contributed by atoms with van der Waals surface area (Å²) in [6.45, 7) is 3.56. The predicted molar refractivity (Wildman–Crippen MR) is 111 cm³/mol. The van der Waals surface area contributed by atoms with Crippen LogP contribution in [0.5, 0.6) is 0 Å². The molecular weight excluding hydrogens is 407 g/mol. The molecule has 1 aliphatic heterocycles. The lowest BCUT2D eigenvalue weighted by molar-refractivity contribution is -0.141. The standard InChI is InChI=1S/C21H20F3N7/c1-29-19-12-16(13-4-5-27-18(10-13)21(22,23)24)28-31(19)17-11-14(2-3-15(17)20(29)25)30-8-6-26-7-9-30/h2-5,10-12,25-26H,6-9H2,1H3. The Hall–Kier alpha value is -3.40. The number of nitrogens with zero attached hydrogens (tertiary/aromatic N) is 5. The number of piperazine rings is 1. The van der Waals surface area contributed by atoms with Crippen molar-refractivity contribution in [2.24, 2.45) is 7.05 Å². The van der Waals surface area contributed by atoms with E-state index < -0.39 is 11.9 Å². The fourth-order valence-electron chi connectivity index (χ4n) is 3.98. The second-order valence-corrected chi connectivity index (χ2v) is 7.57. The summed E-state index contributed by atoms with van der Waals surface area (Å²) in [5.41, 5.74) is 2.46. The molecule has 0 saturated carbocycles. The van der Waals surface area contributed by atoms with Crippen LogP contribution in [0.15, 0.2) is 42.6 Å². The average Bonchev–Trinajstić information content (AvgIpc) is 3.23. The fraction of sp³-hybridized carbons (Fsp3) is 0.286.